The SMILES string of the molecule is O=C(c1ccc(-c2nc(C3CC3)no2)cc1)N1CCC[C@H]2CCC[C@@H]21. The van der Waals surface area contributed by atoms with Gasteiger partial charge in [0.25, 0.3) is 11.8 Å². The van der Waals surface area contributed by atoms with E-state index in [1.807, 2.05) is 24.3 Å². The molecular weight excluding hydrogens is 314 g/mol. The van der Waals surface area contributed by atoms with E-state index in [1.54, 1.807) is 0 Å². The minimum Gasteiger partial charge on any atom is -0.335 e. The molecule has 3 aliphatic rings. The van der Waals surface area contributed by atoms with E-state index >= 15 is 0 Å². The Labute approximate surface area is 147 Å². The summed E-state index contributed by atoms with van der Waals surface area (Å²) in [6.07, 6.45) is 8.45. The molecule has 2 saturated carbocycles. The Morgan fingerprint density at radius 1 is 1.04 bits per heavy atom. The van der Waals surface area contributed by atoms with Gasteiger partial charge in [-0.1, -0.05) is 11.6 Å². The van der Waals surface area contributed by atoms with Crippen LogP contribution in [0.3, 0.4) is 0 Å². The minimum atomic E-state index is 0.173. The van der Waals surface area contributed by atoms with E-state index in [1.165, 1.54) is 25.7 Å². The van der Waals surface area contributed by atoms with E-state index in [0.29, 0.717) is 17.9 Å². The Morgan fingerprint density at radius 2 is 1.84 bits per heavy atom. The first-order valence-electron chi connectivity index (χ1n) is 9.54. The van der Waals surface area contributed by atoms with Crippen molar-refractivity contribution < 1.29 is 9.32 Å². The number of benzene rings is 1. The zero-order chi connectivity index (χ0) is 16.8. The maximum atomic E-state index is 13.0. The number of likely N-dealkylation sites (tertiary alicyclic amines) is 1. The van der Waals surface area contributed by atoms with Crippen molar-refractivity contribution in [1.82, 2.24) is 15.0 Å². The molecular formula is C20H23N3O2. The molecule has 25 heavy (non-hydrogen) atoms. The van der Waals surface area contributed by atoms with Crippen LogP contribution in [0.1, 0.15) is 67.0 Å². The molecule has 2 heterocycles. The predicted octanol–water partition coefficient (Wildman–Crippen LogP) is 4.02. The molecule has 2 aromatic rings. The molecule has 1 amide bonds. The van der Waals surface area contributed by atoms with Crippen molar-refractivity contribution in [1.29, 1.82) is 0 Å². The van der Waals surface area contributed by atoms with E-state index in [0.717, 1.165) is 48.7 Å². The Bertz CT molecular complexity index is 778. The molecule has 3 fully saturated rings. The van der Waals surface area contributed by atoms with Crippen molar-refractivity contribution in [2.75, 3.05) is 6.54 Å². The average molecular weight is 337 g/mol. The second-order valence-electron chi connectivity index (χ2n) is 7.71. The molecule has 130 valence electrons. The molecule has 1 aromatic carbocycles. The summed E-state index contributed by atoms with van der Waals surface area (Å²) >= 11 is 0. The number of aromatic nitrogens is 2. The van der Waals surface area contributed by atoms with E-state index in [2.05, 4.69) is 15.0 Å². The van der Waals surface area contributed by atoms with Gasteiger partial charge in [-0.05, 0) is 68.7 Å². The summed E-state index contributed by atoms with van der Waals surface area (Å²) in [6.45, 7) is 0.899. The number of hydrogen-bond donors (Lipinski definition) is 0. The van der Waals surface area contributed by atoms with Gasteiger partial charge in [-0.2, -0.15) is 4.98 Å². The quantitative estimate of drug-likeness (QED) is 0.849. The molecule has 1 saturated heterocycles. The predicted molar refractivity (Wildman–Crippen MR) is 93.1 cm³/mol. The van der Waals surface area contributed by atoms with Gasteiger partial charge in [0.2, 0.25) is 0 Å². The zero-order valence-electron chi connectivity index (χ0n) is 14.4. The van der Waals surface area contributed by atoms with Crippen molar-refractivity contribution in [3.8, 4) is 11.5 Å². The van der Waals surface area contributed by atoms with E-state index in [9.17, 15) is 4.79 Å². The van der Waals surface area contributed by atoms with Crippen LogP contribution in [0.5, 0.6) is 0 Å². The van der Waals surface area contributed by atoms with Gasteiger partial charge in [0.1, 0.15) is 0 Å². The molecule has 0 bridgehead atoms. The zero-order valence-corrected chi connectivity index (χ0v) is 14.4. The van der Waals surface area contributed by atoms with Gasteiger partial charge >= 0.3 is 0 Å². The van der Waals surface area contributed by atoms with Crippen molar-refractivity contribution in [3.05, 3.63) is 35.7 Å². The van der Waals surface area contributed by atoms with Gasteiger partial charge < -0.3 is 9.42 Å². The first-order valence-corrected chi connectivity index (χ1v) is 9.54. The summed E-state index contributed by atoms with van der Waals surface area (Å²) in [6, 6.07) is 8.10. The van der Waals surface area contributed by atoms with Crippen LogP contribution in [-0.4, -0.2) is 33.5 Å². The van der Waals surface area contributed by atoms with Crippen LogP contribution in [0, 0.1) is 5.92 Å². The van der Waals surface area contributed by atoms with Crippen LogP contribution >= 0.6 is 0 Å². The lowest BCUT2D eigenvalue weighted by molar-refractivity contribution is 0.0548. The Hall–Kier alpha value is -2.17. The standard InChI is InChI=1S/C20H23N3O2/c24-20(23-12-2-4-13-3-1-5-17(13)23)16-10-8-15(9-11-16)19-21-18(22-25-19)14-6-7-14/h8-11,13-14,17H,1-7,12H2/t13-,17+/m1/s1. The van der Waals surface area contributed by atoms with E-state index in [-0.39, 0.29) is 5.91 Å². The summed E-state index contributed by atoms with van der Waals surface area (Å²) in [5.74, 6) is 2.74. The Kier molecular flexibility index (Phi) is 3.61. The fourth-order valence-corrected chi connectivity index (χ4v) is 4.49. The summed E-state index contributed by atoms with van der Waals surface area (Å²) in [5, 5.41) is 4.06. The van der Waals surface area contributed by atoms with Crippen molar-refractivity contribution >= 4 is 5.91 Å². The third-order valence-corrected chi connectivity index (χ3v) is 6.02. The van der Waals surface area contributed by atoms with Crippen molar-refractivity contribution in [3.63, 3.8) is 0 Å². The van der Waals surface area contributed by atoms with E-state index in [4.69, 9.17) is 4.52 Å². The van der Waals surface area contributed by atoms with Gasteiger partial charge in [0.15, 0.2) is 5.82 Å². The van der Waals surface area contributed by atoms with Gasteiger partial charge in [0, 0.05) is 29.6 Å². The minimum absolute atomic E-state index is 0.173. The highest BCUT2D eigenvalue weighted by atomic mass is 16.5. The summed E-state index contributed by atoms with van der Waals surface area (Å²) in [4.78, 5) is 19.6. The molecule has 0 unspecified atom stereocenters. The van der Waals surface area contributed by atoms with Crippen LogP contribution in [0.25, 0.3) is 11.5 Å². The lowest BCUT2D eigenvalue weighted by atomic mass is 9.91. The second-order valence-corrected chi connectivity index (χ2v) is 7.71. The largest absolute Gasteiger partial charge is 0.335 e. The number of nitrogens with zero attached hydrogens (tertiary/aromatic N) is 3. The number of fused-ring (bicyclic) bond motifs is 1. The van der Waals surface area contributed by atoms with E-state index < -0.39 is 0 Å². The first-order chi connectivity index (χ1) is 12.3. The topological polar surface area (TPSA) is 59.2 Å². The number of carbonyl (C=O) groups excluding carboxylic acids is 1. The second kappa shape index (κ2) is 5.97. The molecule has 0 N–H and O–H groups in total. The molecule has 5 nitrogen and oxygen atoms in total. The highest BCUT2D eigenvalue weighted by Gasteiger charge is 2.37. The van der Waals surface area contributed by atoms with Gasteiger partial charge in [0.05, 0.1) is 0 Å². The molecule has 1 aromatic heterocycles. The van der Waals surface area contributed by atoms with Gasteiger partial charge in [-0.25, -0.2) is 0 Å². The average Bonchev–Trinajstić information content (AvgIpc) is 3.19. The molecule has 0 spiro atoms. The van der Waals surface area contributed by atoms with Crippen LogP contribution < -0.4 is 0 Å². The molecule has 2 aliphatic carbocycles. The number of hydrogen-bond acceptors (Lipinski definition) is 4. The Balaban J connectivity index is 1.34. The molecule has 0 radical (unpaired) electrons. The lowest BCUT2D eigenvalue weighted by Gasteiger charge is -2.37. The highest BCUT2D eigenvalue weighted by Crippen LogP contribution is 2.39. The van der Waals surface area contributed by atoms with Crippen molar-refractivity contribution in [2.24, 2.45) is 5.92 Å². The first kappa shape index (κ1) is 15.1. The molecule has 5 heteroatoms. The van der Waals surface area contributed by atoms with Crippen LogP contribution in [0.2, 0.25) is 0 Å². The summed E-state index contributed by atoms with van der Waals surface area (Å²) < 4.78 is 5.37. The summed E-state index contributed by atoms with van der Waals surface area (Å²) in [7, 11) is 0. The van der Waals surface area contributed by atoms with Crippen LogP contribution in [0.4, 0.5) is 0 Å². The fraction of sp³-hybridized carbons (Fsp3) is 0.550. The van der Waals surface area contributed by atoms with Crippen LogP contribution in [0.15, 0.2) is 28.8 Å². The molecule has 5 rings (SSSR count). The maximum absolute atomic E-state index is 13.0. The number of piperidine rings is 1. The van der Waals surface area contributed by atoms with Gasteiger partial charge in [-0.3, -0.25) is 4.79 Å². The lowest BCUT2D eigenvalue weighted by Crippen LogP contribution is -2.46. The van der Waals surface area contributed by atoms with Crippen molar-refractivity contribution in [2.45, 2.75) is 56.9 Å². The third-order valence-electron chi connectivity index (χ3n) is 6.02. The maximum Gasteiger partial charge on any atom is 0.257 e. The van der Waals surface area contributed by atoms with Gasteiger partial charge in [-0.15, -0.1) is 0 Å². The third kappa shape index (κ3) is 2.75. The van der Waals surface area contributed by atoms with Crippen LogP contribution in [-0.2, 0) is 0 Å². The molecule has 1 aliphatic heterocycles. The smallest absolute Gasteiger partial charge is 0.257 e. The summed E-state index contributed by atoms with van der Waals surface area (Å²) in [5.41, 5.74) is 1.64. The Morgan fingerprint density at radius 3 is 2.64 bits per heavy atom. The fourth-order valence-electron chi connectivity index (χ4n) is 4.49. The normalized spacial score (nSPS) is 25.8. The highest BCUT2D eigenvalue weighted by molar-refractivity contribution is 5.95. The number of carbonyl (C=O) groups is 1. The number of amides is 1. The molecule has 2 atom stereocenters. The number of rotatable bonds is 3. The monoisotopic (exact) mass is 337 g/mol.